The van der Waals surface area contributed by atoms with Gasteiger partial charge in [-0.1, -0.05) is 54.1 Å². The van der Waals surface area contributed by atoms with Crippen molar-refractivity contribution in [3.8, 4) is 17.5 Å². The molecule has 10 nitrogen and oxygen atoms in total. The van der Waals surface area contributed by atoms with Crippen LogP contribution in [0, 0.1) is 5.92 Å². The van der Waals surface area contributed by atoms with E-state index in [1.807, 2.05) is 0 Å². The maximum absolute atomic E-state index is 13.9. The number of rotatable bonds is 8. The van der Waals surface area contributed by atoms with E-state index in [9.17, 15) is 32.3 Å². The smallest absolute Gasteiger partial charge is 0.425 e. The fourth-order valence-electron chi connectivity index (χ4n) is 5.31. The number of nitrogens with zero attached hydrogens (tertiary/aromatic N) is 4. The van der Waals surface area contributed by atoms with E-state index in [1.165, 1.54) is 23.7 Å². The molecule has 6 rings (SSSR count). The molecule has 0 bridgehead atoms. The van der Waals surface area contributed by atoms with Crippen molar-refractivity contribution in [3.63, 3.8) is 0 Å². The van der Waals surface area contributed by atoms with Gasteiger partial charge >= 0.3 is 18.1 Å². The van der Waals surface area contributed by atoms with Crippen molar-refractivity contribution in [3.05, 3.63) is 115 Å². The Morgan fingerprint density at radius 3 is 2.16 bits per heavy atom. The van der Waals surface area contributed by atoms with Gasteiger partial charge in [0.15, 0.2) is 22.7 Å². The molecule has 0 saturated carbocycles. The number of benzene rings is 3. The van der Waals surface area contributed by atoms with Gasteiger partial charge in [-0.3, -0.25) is 28.1 Å². The summed E-state index contributed by atoms with van der Waals surface area (Å²) in [5, 5.41) is 0.468. The SMILES string of the molecule is Cn1c(=O)n(CCC2C(=O)c3ccccc3C2=O)c(=O)c2c1nc(Oc1cccc(OC(F)(F)F)c1)n2Cc1ccc(Cl)cc1. The molecule has 3 aromatic carbocycles. The number of carbonyl (C=O) groups excluding carboxylic acids is 2. The fraction of sp³-hybridized carbons (Fsp3) is 0.194. The summed E-state index contributed by atoms with van der Waals surface area (Å²) in [4.78, 5) is 57.5. The summed E-state index contributed by atoms with van der Waals surface area (Å²) in [6.07, 6.45) is -5.02. The van der Waals surface area contributed by atoms with Crippen LogP contribution < -0.4 is 20.7 Å². The number of aryl methyl sites for hydroxylation is 1. The highest BCUT2D eigenvalue weighted by Crippen LogP contribution is 2.31. The first-order valence-corrected chi connectivity index (χ1v) is 13.9. The molecule has 1 aliphatic carbocycles. The number of hydrogen-bond donors (Lipinski definition) is 0. The van der Waals surface area contributed by atoms with Crippen LogP contribution in [-0.4, -0.2) is 36.6 Å². The predicted molar refractivity (Wildman–Crippen MR) is 156 cm³/mol. The standard InChI is InChI=1S/C31H22ClF3N4O6/c1-37-27-24(28(42)38(30(37)43)14-13-23-25(40)21-7-2-3-8-22(21)26(23)41)39(16-17-9-11-18(32)12-10-17)29(36-27)44-19-5-4-6-20(15-19)45-31(33,34)35/h2-12,15,23H,13-14,16H2,1H3. The van der Waals surface area contributed by atoms with Crippen LogP contribution in [-0.2, 0) is 20.1 Å². The number of aromatic nitrogens is 4. The third-order valence-corrected chi connectivity index (χ3v) is 7.68. The Balaban J connectivity index is 1.42. The Morgan fingerprint density at radius 2 is 1.51 bits per heavy atom. The Kier molecular flexibility index (Phi) is 7.57. The van der Waals surface area contributed by atoms with Gasteiger partial charge in [0.05, 0.1) is 12.5 Å². The molecule has 14 heteroatoms. The number of ether oxygens (including phenoxy) is 2. The molecule has 0 radical (unpaired) electrons. The van der Waals surface area contributed by atoms with Gasteiger partial charge in [-0.25, -0.2) is 4.79 Å². The zero-order valence-electron chi connectivity index (χ0n) is 23.4. The van der Waals surface area contributed by atoms with Crippen molar-refractivity contribution in [1.29, 1.82) is 0 Å². The van der Waals surface area contributed by atoms with Crippen LogP contribution in [0.3, 0.4) is 0 Å². The molecule has 45 heavy (non-hydrogen) atoms. The molecular formula is C31H22ClF3N4O6. The summed E-state index contributed by atoms with van der Waals surface area (Å²) < 4.78 is 51.7. The van der Waals surface area contributed by atoms with Gasteiger partial charge in [-0.05, 0) is 36.2 Å². The van der Waals surface area contributed by atoms with Crippen molar-refractivity contribution in [2.45, 2.75) is 25.9 Å². The molecule has 1 aliphatic rings. The van der Waals surface area contributed by atoms with E-state index >= 15 is 0 Å². The maximum Gasteiger partial charge on any atom is 0.573 e. The average Bonchev–Trinajstić information content (AvgIpc) is 3.46. The van der Waals surface area contributed by atoms with Crippen LogP contribution in [0.25, 0.3) is 11.2 Å². The van der Waals surface area contributed by atoms with Crippen LogP contribution in [0.5, 0.6) is 17.5 Å². The molecular weight excluding hydrogens is 617 g/mol. The van der Waals surface area contributed by atoms with Gasteiger partial charge in [0.25, 0.3) is 5.56 Å². The summed E-state index contributed by atoms with van der Waals surface area (Å²) in [7, 11) is 1.39. The van der Waals surface area contributed by atoms with Gasteiger partial charge in [0.1, 0.15) is 11.5 Å². The quantitative estimate of drug-likeness (QED) is 0.210. The van der Waals surface area contributed by atoms with Crippen LogP contribution in [0.2, 0.25) is 5.02 Å². The van der Waals surface area contributed by atoms with E-state index in [-0.39, 0.29) is 54.0 Å². The molecule has 0 spiro atoms. The summed E-state index contributed by atoms with van der Waals surface area (Å²) in [6, 6.07) is 17.7. The van der Waals surface area contributed by atoms with Crippen molar-refractivity contribution in [2.75, 3.05) is 0 Å². The van der Waals surface area contributed by atoms with Gasteiger partial charge in [-0.15, -0.1) is 13.2 Å². The van der Waals surface area contributed by atoms with E-state index in [2.05, 4.69) is 9.72 Å². The molecule has 0 atom stereocenters. The monoisotopic (exact) mass is 638 g/mol. The average molecular weight is 639 g/mol. The van der Waals surface area contributed by atoms with Crippen molar-refractivity contribution in [2.24, 2.45) is 13.0 Å². The lowest BCUT2D eigenvalue weighted by atomic mass is 10.00. The van der Waals surface area contributed by atoms with E-state index < -0.39 is 29.3 Å². The zero-order valence-corrected chi connectivity index (χ0v) is 24.1. The summed E-state index contributed by atoms with van der Waals surface area (Å²) in [5.41, 5.74) is -0.325. The lowest BCUT2D eigenvalue weighted by molar-refractivity contribution is -0.274. The molecule has 230 valence electrons. The van der Waals surface area contributed by atoms with Crippen molar-refractivity contribution in [1.82, 2.24) is 18.7 Å². The van der Waals surface area contributed by atoms with E-state index in [0.717, 1.165) is 21.3 Å². The highest BCUT2D eigenvalue weighted by atomic mass is 35.5. The third kappa shape index (κ3) is 5.74. The first-order chi connectivity index (χ1) is 21.4. The molecule has 0 aliphatic heterocycles. The molecule has 2 heterocycles. The molecule has 0 unspecified atom stereocenters. The maximum atomic E-state index is 13.9. The number of hydrogen-bond acceptors (Lipinski definition) is 7. The van der Waals surface area contributed by atoms with Crippen molar-refractivity contribution < 1.29 is 32.2 Å². The Morgan fingerprint density at radius 1 is 0.867 bits per heavy atom. The topological polar surface area (TPSA) is 114 Å². The van der Waals surface area contributed by atoms with Gasteiger partial charge in [0, 0.05) is 35.8 Å². The normalized spacial score (nSPS) is 13.4. The second-order valence-electron chi connectivity index (χ2n) is 10.3. The van der Waals surface area contributed by atoms with E-state index in [1.54, 1.807) is 48.5 Å². The molecule has 5 aromatic rings. The number of ketones is 2. The largest absolute Gasteiger partial charge is 0.573 e. The Hall–Kier alpha value is -5.17. The third-order valence-electron chi connectivity index (χ3n) is 7.43. The van der Waals surface area contributed by atoms with Crippen LogP contribution in [0.15, 0.2) is 82.4 Å². The molecule has 0 amide bonds. The highest BCUT2D eigenvalue weighted by molar-refractivity contribution is 6.30. The number of Topliss-reactive ketones (excluding diaryl/α,β-unsaturated/α-hetero) is 2. The van der Waals surface area contributed by atoms with Gasteiger partial charge < -0.3 is 9.47 Å². The minimum absolute atomic E-state index is 0.00406. The molecule has 0 N–H and O–H groups in total. The number of carbonyl (C=O) groups is 2. The van der Waals surface area contributed by atoms with Gasteiger partial charge in [-0.2, -0.15) is 4.98 Å². The number of imidazole rings is 1. The molecule has 0 saturated heterocycles. The van der Waals surface area contributed by atoms with Crippen LogP contribution in [0.1, 0.15) is 32.7 Å². The molecule has 2 aromatic heterocycles. The Labute approximate surface area is 256 Å². The minimum Gasteiger partial charge on any atom is -0.425 e. The first kappa shape index (κ1) is 29.9. The second kappa shape index (κ2) is 11.4. The summed E-state index contributed by atoms with van der Waals surface area (Å²) in [6.45, 7) is -0.235. The summed E-state index contributed by atoms with van der Waals surface area (Å²) >= 11 is 6.04. The lowest BCUT2D eigenvalue weighted by Crippen LogP contribution is -2.40. The number of halogens is 4. The number of alkyl halides is 3. The summed E-state index contributed by atoms with van der Waals surface area (Å²) in [5.74, 6) is -2.40. The minimum atomic E-state index is -4.93. The zero-order chi connectivity index (χ0) is 32.0. The van der Waals surface area contributed by atoms with E-state index in [0.29, 0.717) is 21.7 Å². The van der Waals surface area contributed by atoms with Crippen LogP contribution >= 0.6 is 11.6 Å². The fourth-order valence-corrected chi connectivity index (χ4v) is 5.44. The highest BCUT2D eigenvalue weighted by Gasteiger charge is 2.38. The second-order valence-corrected chi connectivity index (χ2v) is 10.8. The van der Waals surface area contributed by atoms with E-state index in [4.69, 9.17) is 16.3 Å². The van der Waals surface area contributed by atoms with Crippen molar-refractivity contribution >= 4 is 34.3 Å². The van der Waals surface area contributed by atoms with Gasteiger partial charge in [0.2, 0.25) is 0 Å². The predicted octanol–water partition coefficient (Wildman–Crippen LogP) is 5.37. The molecule has 0 fully saturated rings. The number of fused-ring (bicyclic) bond motifs is 2. The lowest BCUT2D eigenvalue weighted by Gasteiger charge is -2.13. The first-order valence-electron chi connectivity index (χ1n) is 13.6. The van der Waals surface area contributed by atoms with Crippen LogP contribution in [0.4, 0.5) is 13.2 Å². The Bertz CT molecular complexity index is 2070.